The van der Waals surface area contributed by atoms with Crippen LogP contribution in [0.15, 0.2) is 36.7 Å². The molecule has 0 atom stereocenters. The fourth-order valence-electron chi connectivity index (χ4n) is 1.76. The molecule has 0 unspecified atom stereocenters. The number of amides is 1. The van der Waals surface area contributed by atoms with Crippen molar-refractivity contribution in [2.45, 2.75) is 18.8 Å². The van der Waals surface area contributed by atoms with Crippen LogP contribution in [0.5, 0.6) is 0 Å². The van der Waals surface area contributed by atoms with Crippen molar-refractivity contribution in [3.05, 3.63) is 53.9 Å². The molecule has 4 nitrogen and oxygen atoms in total. The summed E-state index contributed by atoms with van der Waals surface area (Å²) >= 11 is 0. The Hall–Kier alpha value is -2.30. The molecular formula is C14H12FN3O. The van der Waals surface area contributed by atoms with Crippen LogP contribution in [0.4, 0.5) is 10.1 Å². The third-order valence-electron chi connectivity index (χ3n) is 3.00. The summed E-state index contributed by atoms with van der Waals surface area (Å²) in [6.07, 6.45) is 5.19. The van der Waals surface area contributed by atoms with Gasteiger partial charge in [-0.05, 0) is 25.0 Å². The van der Waals surface area contributed by atoms with E-state index in [0.29, 0.717) is 11.5 Å². The van der Waals surface area contributed by atoms with Crippen molar-refractivity contribution in [2.24, 2.45) is 0 Å². The quantitative estimate of drug-likeness (QED) is 0.919. The second-order valence-electron chi connectivity index (χ2n) is 4.54. The molecule has 1 saturated carbocycles. The Kier molecular flexibility index (Phi) is 2.95. The molecule has 0 spiro atoms. The lowest BCUT2D eigenvalue weighted by Gasteiger charge is -2.06. The zero-order valence-corrected chi connectivity index (χ0v) is 10.1. The number of nitrogens with zero attached hydrogens (tertiary/aromatic N) is 2. The Morgan fingerprint density at radius 2 is 1.89 bits per heavy atom. The summed E-state index contributed by atoms with van der Waals surface area (Å²) in [5, 5.41) is 2.50. The maximum absolute atomic E-state index is 13.4. The number of aromatic nitrogens is 2. The first-order chi connectivity index (χ1) is 9.24. The normalized spacial score (nSPS) is 14.2. The van der Waals surface area contributed by atoms with Gasteiger partial charge in [0, 0.05) is 18.3 Å². The maximum atomic E-state index is 13.4. The molecule has 1 aromatic carbocycles. The summed E-state index contributed by atoms with van der Waals surface area (Å²) in [6.45, 7) is 0. The highest BCUT2D eigenvalue weighted by Crippen LogP contribution is 2.37. The summed E-state index contributed by atoms with van der Waals surface area (Å²) in [7, 11) is 0. The highest BCUT2D eigenvalue weighted by molar-refractivity contribution is 6.03. The SMILES string of the molecule is O=C(Nc1ccccc1F)c1cnc(C2CC2)nc1. The van der Waals surface area contributed by atoms with Crippen molar-refractivity contribution in [1.82, 2.24) is 9.97 Å². The first-order valence-electron chi connectivity index (χ1n) is 6.12. The van der Waals surface area contributed by atoms with Crippen molar-refractivity contribution in [3.63, 3.8) is 0 Å². The molecule has 5 heteroatoms. The van der Waals surface area contributed by atoms with E-state index in [9.17, 15) is 9.18 Å². The van der Waals surface area contributed by atoms with Gasteiger partial charge in [0.1, 0.15) is 11.6 Å². The average molecular weight is 257 g/mol. The molecule has 0 saturated heterocycles. The third-order valence-corrected chi connectivity index (χ3v) is 3.00. The number of anilines is 1. The summed E-state index contributed by atoms with van der Waals surface area (Å²) < 4.78 is 13.4. The van der Waals surface area contributed by atoms with E-state index >= 15 is 0 Å². The van der Waals surface area contributed by atoms with Gasteiger partial charge in [-0.25, -0.2) is 14.4 Å². The van der Waals surface area contributed by atoms with Crippen LogP contribution in [0.2, 0.25) is 0 Å². The minimum atomic E-state index is -0.466. The van der Waals surface area contributed by atoms with Crippen molar-refractivity contribution >= 4 is 11.6 Å². The molecule has 19 heavy (non-hydrogen) atoms. The van der Waals surface area contributed by atoms with E-state index < -0.39 is 11.7 Å². The Bertz CT molecular complexity index is 608. The van der Waals surface area contributed by atoms with Crippen LogP contribution >= 0.6 is 0 Å². The van der Waals surface area contributed by atoms with Crippen LogP contribution in [0, 0.1) is 5.82 Å². The standard InChI is InChI=1S/C14H12FN3O/c15-11-3-1-2-4-12(11)18-14(19)10-7-16-13(17-8-10)9-5-6-9/h1-4,7-9H,5-6H2,(H,18,19). The maximum Gasteiger partial charge on any atom is 0.258 e. The lowest BCUT2D eigenvalue weighted by Crippen LogP contribution is -2.14. The van der Waals surface area contributed by atoms with Crippen LogP contribution in [-0.2, 0) is 0 Å². The van der Waals surface area contributed by atoms with Crippen molar-refractivity contribution in [1.29, 1.82) is 0 Å². The van der Waals surface area contributed by atoms with Crippen LogP contribution in [-0.4, -0.2) is 15.9 Å². The molecule has 3 rings (SSSR count). The van der Waals surface area contributed by atoms with E-state index in [2.05, 4.69) is 15.3 Å². The van der Waals surface area contributed by atoms with Crippen molar-refractivity contribution in [3.8, 4) is 0 Å². The van der Waals surface area contributed by atoms with Gasteiger partial charge in [0.05, 0.1) is 11.3 Å². The molecule has 0 radical (unpaired) electrons. The second kappa shape index (κ2) is 4.76. The van der Waals surface area contributed by atoms with E-state index in [1.165, 1.54) is 24.5 Å². The van der Waals surface area contributed by atoms with Crippen LogP contribution < -0.4 is 5.32 Å². The van der Waals surface area contributed by atoms with Crippen molar-refractivity contribution < 1.29 is 9.18 Å². The summed E-state index contributed by atoms with van der Waals surface area (Å²) in [4.78, 5) is 20.2. The lowest BCUT2D eigenvalue weighted by atomic mass is 10.2. The number of carbonyl (C=O) groups excluding carboxylic acids is 1. The average Bonchev–Trinajstić information content (AvgIpc) is 3.26. The smallest absolute Gasteiger partial charge is 0.258 e. The molecule has 1 aliphatic carbocycles. The number of benzene rings is 1. The molecule has 0 bridgehead atoms. The Labute approximate surface area is 109 Å². The summed E-state index contributed by atoms with van der Waals surface area (Å²) in [6, 6.07) is 6.03. The Balaban J connectivity index is 1.74. The van der Waals surface area contributed by atoms with Gasteiger partial charge >= 0.3 is 0 Å². The van der Waals surface area contributed by atoms with E-state index in [4.69, 9.17) is 0 Å². The monoisotopic (exact) mass is 257 g/mol. The molecule has 96 valence electrons. The minimum absolute atomic E-state index is 0.152. The number of para-hydroxylation sites is 1. The second-order valence-corrected chi connectivity index (χ2v) is 4.54. The molecule has 2 aromatic rings. The molecule has 1 fully saturated rings. The van der Waals surface area contributed by atoms with E-state index in [1.807, 2.05) is 0 Å². The Morgan fingerprint density at radius 3 is 2.53 bits per heavy atom. The van der Waals surface area contributed by atoms with Gasteiger partial charge in [-0.15, -0.1) is 0 Å². The minimum Gasteiger partial charge on any atom is -0.319 e. The highest BCUT2D eigenvalue weighted by Gasteiger charge is 2.26. The Morgan fingerprint density at radius 1 is 1.21 bits per heavy atom. The van der Waals surface area contributed by atoms with Crippen LogP contribution in [0.1, 0.15) is 34.9 Å². The molecule has 1 N–H and O–H groups in total. The number of hydrogen-bond donors (Lipinski definition) is 1. The molecule has 1 amide bonds. The van der Waals surface area contributed by atoms with Gasteiger partial charge in [-0.2, -0.15) is 0 Å². The van der Waals surface area contributed by atoms with Gasteiger partial charge in [0.25, 0.3) is 5.91 Å². The fraction of sp³-hybridized carbons (Fsp3) is 0.214. The van der Waals surface area contributed by atoms with Crippen molar-refractivity contribution in [2.75, 3.05) is 5.32 Å². The zero-order chi connectivity index (χ0) is 13.2. The van der Waals surface area contributed by atoms with E-state index in [1.54, 1.807) is 12.1 Å². The van der Waals surface area contributed by atoms with E-state index in [-0.39, 0.29) is 5.69 Å². The van der Waals surface area contributed by atoms with Gasteiger partial charge in [0.15, 0.2) is 0 Å². The first-order valence-corrected chi connectivity index (χ1v) is 6.12. The molecule has 1 aromatic heterocycles. The molecule has 1 heterocycles. The van der Waals surface area contributed by atoms with Gasteiger partial charge in [-0.3, -0.25) is 4.79 Å². The highest BCUT2D eigenvalue weighted by atomic mass is 19.1. The number of rotatable bonds is 3. The molecular weight excluding hydrogens is 245 g/mol. The van der Waals surface area contributed by atoms with E-state index in [0.717, 1.165) is 18.7 Å². The van der Waals surface area contributed by atoms with Crippen LogP contribution in [0.25, 0.3) is 0 Å². The van der Waals surface area contributed by atoms with Gasteiger partial charge < -0.3 is 5.32 Å². The first kappa shape index (κ1) is 11.8. The number of hydrogen-bond acceptors (Lipinski definition) is 3. The number of halogens is 1. The van der Waals surface area contributed by atoms with Gasteiger partial charge in [-0.1, -0.05) is 12.1 Å². The third kappa shape index (κ3) is 2.59. The molecule has 0 aliphatic heterocycles. The summed E-state index contributed by atoms with van der Waals surface area (Å²) in [5.74, 6) is 0.352. The van der Waals surface area contributed by atoms with Crippen LogP contribution in [0.3, 0.4) is 0 Å². The summed E-state index contributed by atoms with van der Waals surface area (Å²) in [5.41, 5.74) is 0.478. The fourth-order valence-corrected chi connectivity index (χ4v) is 1.76. The van der Waals surface area contributed by atoms with Gasteiger partial charge in [0.2, 0.25) is 0 Å². The number of carbonyl (C=O) groups is 1. The number of nitrogens with one attached hydrogen (secondary N) is 1. The molecule has 1 aliphatic rings. The predicted molar refractivity (Wildman–Crippen MR) is 68.4 cm³/mol. The zero-order valence-electron chi connectivity index (χ0n) is 10.1. The largest absolute Gasteiger partial charge is 0.319 e. The topological polar surface area (TPSA) is 54.9 Å². The lowest BCUT2D eigenvalue weighted by molar-refractivity contribution is 0.102. The predicted octanol–water partition coefficient (Wildman–Crippen LogP) is 2.75.